The van der Waals surface area contributed by atoms with Gasteiger partial charge >= 0.3 is 12.1 Å². The number of anilines is 2. The normalized spacial score (nSPS) is 17.9. The number of piperidine rings is 1. The van der Waals surface area contributed by atoms with E-state index in [9.17, 15) is 33.4 Å². The van der Waals surface area contributed by atoms with E-state index in [1.54, 1.807) is 12.1 Å². The van der Waals surface area contributed by atoms with Crippen LogP contribution in [0.15, 0.2) is 65.2 Å². The van der Waals surface area contributed by atoms with Gasteiger partial charge in [0.05, 0.1) is 36.5 Å². The van der Waals surface area contributed by atoms with Gasteiger partial charge in [-0.1, -0.05) is 24.3 Å². The molecule has 57 heavy (non-hydrogen) atoms. The molecule has 1 atom stereocenters. The van der Waals surface area contributed by atoms with Crippen LogP contribution in [-0.4, -0.2) is 79.8 Å². The molecule has 2 aromatic heterocycles. The molecule has 3 aliphatic rings. The fourth-order valence-electron chi connectivity index (χ4n) is 8.23. The first kappa shape index (κ1) is 38.1. The number of nitrogens with one attached hydrogen (secondary N) is 1. The van der Waals surface area contributed by atoms with Crippen molar-refractivity contribution in [1.29, 1.82) is 5.26 Å². The number of carbonyl (C=O) groups is 1. The van der Waals surface area contributed by atoms with Crippen LogP contribution in [0.2, 0.25) is 0 Å². The topological polar surface area (TPSA) is 142 Å². The number of alkyl halides is 3. The first-order chi connectivity index (χ1) is 27.3. The molecule has 2 fully saturated rings. The number of pyridine rings is 1. The van der Waals surface area contributed by atoms with Crippen molar-refractivity contribution in [3.8, 4) is 28.7 Å². The highest BCUT2D eigenvalue weighted by molar-refractivity contribution is 5.86. The highest BCUT2D eigenvalue weighted by Gasteiger charge is 2.35. The summed E-state index contributed by atoms with van der Waals surface area (Å²) in [6, 6.07) is 18.5. The summed E-state index contributed by atoms with van der Waals surface area (Å²) < 4.78 is 48.8. The molecule has 294 valence electrons. The number of carboxylic acids is 1. The second kappa shape index (κ2) is 15.3. The highest BCUT2D eigenvalue weighted by Crippen LogP contribution is 2.40. The van der Waals surface area contributed by atoms with E-state index in [0.717, 1.165) is 46.0 Å². The molecule has 3 aliphatic heterocycles. The number of hydrogen-bond acceptors (Lipinski definition) is 10. The molecule has 0 radical (unpaired) electrons. The van der Waals surface area contributed by atoms with Crippen LogP contribution in [0.4, 0.5) is 24.5 Å². The van der Waals surface area contributed by atoms with Gasteiger partial charge in [-0.25, -0.2) is 9.97 Å². The molecule has 0 aliphatic carbocycles. The van der Waals surface area contributed by atoms with Gasteiger partial charge in [-0.15, -0.1) is 0 Å². The van der Waals surface area contributed by atoms with Crippen molar-refractivity contribution >= 4 is 34.5 Å². The first-order valence-electron chi connectivity index (χ1n) is 19.0. The number of rotatable bonds is 9. The SMILES string of the molecule is Cc1c(Nc2cc(C(F)(F)F)nc3c2C=CN(CN2CCC(O)C2)C3)cccc1-c1cccc(-c2nc3cc(CN4CCC(C(=O)O)CC4)cc(C#N)c3o2)c1C. The maximum absolute atomic E-state index is 14.2. The van der Waals surface area contributed by atoms with Crippen molar-refractivity contribution in [1.82, 2.24) is 24.7 Å². The van der Waals surface area contributed by atoms with E-state index in [2.05, 4.69) is 26.2 Å². The number of carboxylic acid groups (broad SMARTS) is 1. The monoisotopic (exact) mass is 777 g/mol. The molecule has 5 heterocycles. The van der Waals surface area contributed by atoms with Gasteiger partial charge in [-0.3, -0.25) is 14.6 Å². The summed E-state index contributed by atoms with van der Waals surface area (Å²) in [4.78, 5) is 26.5. The fraction of sp³-hybridized carbons (Fsp3) is 0.349. The Morgan fingerprint density at radius 2 is 1.68 bits per heavy atom. The third kappa shape index (κ3) is 7.83. The zero-order chi connectivity index (χ0) is 40.0. The van der Waals surface area contributed by atoms with Gasteiger partial charge in [0, 0.05) is 48.3 Å². The van der Waals surface area contributed by atoms with Gasteiger partial charge in [0.25, 0.3) is 0 Å². The van der Waals surface area contributed by atoms with Crippen molar-refractivity contribution in [2.24, 2.45) is 5.92 Å². The zero-order valence-corrected chi connectivity index (χ0v) is 31.6. The molecule has 0 spiro atoms. The second-order valence-electron chi connectivity index (χ2n) is 15.2. The molecule has 3 N–H and O–H groups in total. The maximum atomic E-state index is 14.2. The van der Waals surface area contributed by atoms with Crippen molar-refractivity contribution < 1.29 is 32.6 Å². The van der Waals surface area contributed by atoms with Gasteiger partial charge < -0.3 is 24.8 Å². The van der Waals surface area contributed by atoms with Gasteiger partial charge in [-0.05, 0) is 110 Å². The minimum Gasteiger partial charge on any atom is -0.481 e. The van der Waals surface area contributed by atoms with Crippen LogP contribution in [0, 0.1) is 31.1 Å². The van der Waals surface area contributed by atoms with E-state index in [-0.39, 0.29) is 12.5 Å². The lowest BCUT2D eigenvalue weighted by atomic mass is 9.92. The molecule has 2 saturated heterocycles. The van der Waals surface area contributed by atoms with E-state index in [1.807, 2.05) is 67.4 Å². The summed E-state index contributed by atoms with van der Waals surface area (Å²) in [5.41, 5.74) is 7.26. The standard InChI is InChI=1S/C43H42F3N7O4/c1-25-31(5-3-7-33(25)41-50-37-18-27(17-29(20-47)40(37)57-41)21-51-13-9-28(10-14-51)42(55)56)32-6-4-8-35(26(32)2)48-36-19-39(43(44,45)46)49-38-23-53(16-12-34(36)38)24-52-15-11-30(54)22-52/h3-8,12,16-19,28,30,54H,9-11,13-15,21-24H2,1-2H3,(H,48,49)(H,55,56). The summed E-state index contributed by atoms with van der Waals surface area (Å²) in [6.07, 6.45) is 0.443. The predicted octanol–water partition coefficient (Wildman–Crippen LogP) is 7.91. The Hall–Kier alpha value is -5.75. The third-order valence-corrected chi connectivity index (χ3v) is 11.3. The van der Waals surface area contributed by atoms with Crippen LogP contribution >= 0.6 is 0 Å². The number of oxazole rings is 1. The van der Waals surface area contributed by atoms with Crippen LogP contribution in [0.1, 0.15) is 58.5 Å². The number of nitrogens with zero attached hydrogens (tertiary/aromatic N) is 6. The zero-order valence-electron chi connectivity index (χ0n) is 31.6. The highest BCUT2D eigenvalue weighted by atomic mass is 19.4. The summed E-state index contributed by atoms with van der Waals surface area (Å²) in [5.74, 6) is -0.732. The number of hydrogen-bond donors (Lipinski definition) is 3. The van der Waals surface area contributed by atoms with Crippen LogP contribution in [0.5, 0.6) is 0 Å². The molecule has 11 nitrogen and oxygen atoms in total. The maximum Gasteiger partial charge on any atom is 0.433 e. The summed E-state index contributed by atoms with van der Waals surface area (Å²) in [7, 11) is 0. The molecule has 0 saturated carbocycles. The predicted molar refractivity (Wildman–Crippen MR) is 209 cm³/mol. The lowest BCUT2D eigenvalue weighted by Crippen LogP contribution is -2.35. The van der Waals surface area contributed by atoms with Crippen molar-refractivity contribution in [3.05, 3.63) is 100 Å². The van der Waals surface area contributed by atoms with Crippen molar-refractivity contribution in [2.45, 2.75) is 58.5 Å². The van der Waals surface area contributed by atoms with Gasteiger partial charge in [0.2, 0.25) is 5.89 Å². The number of nitriles is 1. The molecule has 5 aromatic rings. The van der Waals surface area contributed by atoms with Gasteiger partial charge in [-0.2, -0.15) is 18.4 Å². The summed E-state index contributed by atoms with van der Waals surface area (Å²) >= 11 is 0. The van der Waals surface area contributed by atoms with E-state index in [0.29, 0.717) is 97.3 Å². The third-order valence-electron chi connectivity index (χ3n) is 11.3. The summed E-state index contributed by atoms with van der Waals surface area (Å²) in [5, 5.41) is 32.7. The van der Waals surface area contributed by atoms with Crippen LogP contribution in [0.3, 0.4) is 0 Å². The average Bonchev–Trinajstić information content (AvgIpc) is 3.80. The Kier molecular flexibility index (Phi) is 10.2. The lowest BCUT2D eigenvalue weighted by Gasteiger charge is -2.30. The molecule has 3 aromatic carbocycles. The Morgan fingerprint density at radius 3 is 2.39 bits per heavy atom. The molecule has 0 amide bonds. The van der Waals surface area contributed by atoms with Crippen LogP contribution in [-0.2, 0) is 24.1 Å². The molecular formula is C43H42F3N7O4. The molecule has 0 bridgehead atoms. The van der Waals surface area contributed by atoms with E-state index >= 15 is 0 Å². The number of β-amino-alcohol motifs (C(OH)–C–C–N with tert-alkyl or cyclic N) is 1. The number of aliphatic carboxylic acids is 1. The number of aliphatic hydroxyl groups excluding tert-OH is 1. The Labute approximate surface area is 327 Å². The van der Waals surface area contributed by atoms with Crippen LogP contribution < -0.4 is 5.32 Å². The molecule has 1 unspecified atom stereocenters. The minimum absolute atomic E-state index is 0.197. The minimum atomic E-state index is -4.65. The average molecular weight is 778 g/mol. The number of aromatic nitrogens is 2. The number of halogens is 3. The number of fused-ring (bicyclic) bond motifs is 2. The quantitative estimate of drug-likeness (QED) is 0.134. The fourth-order valence-corrected chi connectivity index (χ4v) is 8.23. The van der Waals surface area contributed by atoms with Gasteiger partial charge in [0.1, 0.15) is 17.3 Å². The number of benzene rings is 3. The smallest absolute Gasteiger partial charge is 0.433 e. The number of aliphatic hydroxyl groups is 1. The van der Waals surface area contributed by atoms with Crippen molar-refractivity contribution in [3.63, 3.8) is 0 Å². The largest absolute Gasteiger partial charge is 0.481 e. The van der Waals surface area contributed by atoms with E-state index in [4.69, 9.17) is 9.40 Å². The Bertz CT molecular complexity index is 2430. The Morgan fingerprint density at radius 1 is 0.965 bits per heavy atom. The molecule has 8 rings (SSSR count). The number of likely N-dealkylation sites (tertiary alicyclic amines) is 2. The van der Waals surface area contributed by atoms with E-state index in [1.165, 1.54) is 0 Å². The molecular weight excluding hydrogens is 736 g/mol. The Balaban J connectivity index is 1.07. The van der Waals surface area contributed by atoms with Gasteiger partial charge in [0.15, 0.2) is 5.58 Å². The van der Waals surface area contributed by atoms with E-state index < -0.39 is 23.9 Å². The van der Waals surface area contributed by atoms with Crippen molar-refractivity contribution in [2.75, 3.05) is 38.2 Å². The summed E-state index contributed by atoms with van der Waals surface area (Å²) in [6.45, 7) is 7.69. The second-order valence-corrected chi connectivity index (χ2v) is 15.2. The first-order valence-corrected chi connectivity index (χ1v) is 19.0. The molecule has 14 heteroatoms. The lowest BCUT2D eigenvalue weighted by molar-refractivity contribution is -0.143. The van der Waals surface area contributed by atoms with Crippen LogP contribution in [0.25, 0.3) is 39.8 Å².